The van der Waals surface area contributed by atoms with Crippen molar-refractivity contribution in [1.29, 1.82) is 0 Å². The van der Waals surface area contributed by atoms with Gasteiger partial charge in [-0.15, -0.1) is 0 Å². The highest BCUT2D eigenvalue weighted by Crippen LogP contribution is 2.06. The second-order valence-electron chi connectivity index (χ2n) is 5.50. The van der Waals surface area contributed by atoms with Crippen molar-refractivity contribution in [3.05, 3.63) is 48.6 Å². The van der Waals surface area contributed by atoms with Crippen LogP contribution in [0.4, 0.5) is 4.79 Å². The molecule has 0 aromatic heterocycles. The van der Waals surface area contributed by atoms with E-state index in [4.69, 9.17) is 9.47 Å². The molecule has 1 aromatic rings. The Morgan fingerprint density at radius 2 is 1.92 bits per heavy atom. The Kier molecular flexibility index (Phi) is 10.0. The molecule has 1 unspecified atom stereocenters. The Balaban J connectivity index is 2.56. The number of nitrogens with one attached hydrogen (secondary N) is 1. The van der Waals surface area contributed by atoms with Crippen molar-refractivity contribution < 1.29 is 19.1 Å². The predicted molar refractivity (Wildman–Crippen MR) is 93.7 cm³/mol. The molecule has 1 N–H and O–H groups in total. The van der Waals surface area contributed by atoms with Crippen LogP contribution in [0.5, 0.6) is 0 Å². The Bertz CT molecular complexity index is 501. The van der Waals surface area contributed by atoms with Crippen molar-refractivity contribution in [3.63, 3.8) is 0 Å². The summed E-state index contributed by atoms with van der Waals surface area (Å²) in [4.78, 5) is 24.0. The van der Waals surface area contributed by atoms with Gasteiger partial charge in [0.15, 0.2) is 0 Å². The van der Waals surface area contributed by atoms with Gasteiger partial charge in [-0.05, 0) is 12.0 Å². The zero-order valence-electron chi connectivity index (χ0n) is 14.3. The van der Waals surface area contributed by atoms with E-state index in [-0.39, 0.29) is 6.61 Å². The summed E-state index contributed by atoms with van der Waals surface area (Å²) in [7, 11) is 0. The van der Waals surface area contributed by atoms with Gasteiger partial charge in [0.2, 0.25) is 0 Å². The van der Waals surface area contributed by atoms with Crippen LogP contribution in [0, 0.1) is 0 Å². The minimum Gasteiger partial charge on any atom is -0.464 e. The van der Waals surface area contributed by atoms with Crippen LogP contribution in [0.15, 0.2) is 43.0 Å². The van der Waals surface area contributed by atoms with Gasteiger partial charge in [-0.1, -0.05) is 69.2 Å². The molecule has 0 bridgehead atoms. The number of amides is 1. The highest BCUT2D eigenvalue weighted by atomic mass is 16.6. The summed E-state index contributed by atoms with van der Waals surface area (Å²) in [5, 5.41) is 2.57. The molecule has 1 rings (SSSR count). The lowest BCUT2D eigenvalue weighted by Gasteiger charge is -2.17. The van der Waals surface area contributed by atoms with E-state index in [9.17, 15) is 9.59 Å². The standard InChI is InChI=1S/C19H27NO4/c1-3-5-6-10-14-23-18(21)17(20-19(22)24-13-4-2)15-16-11-8-7-9-12-16/h4,7-9,11-12,17H,2-3,5-6,10,13-15H2,1H3,(H,20,22). The fraction of sp³-hybridized carbons (Fsp3) is 0.474. The largest absolute Gasteiger partial charge is 0.464 e. The molecule has 0 aliphatic rings. The number of hydrogen-bond acceptors (Lipinski definition) is 4. The van der Waals surface area contributed by atoms with Crippen LogP contribution in [-0.2, 0) is 20.7 Å². The quantitative estimate of drug-likeness (QED) is 0.381. The molecular formula is C19H27NO4. The van der Waals surface area contributed by atoms with Gasteiger partial charge in [0.25, 0.3) is 0 Å². The smallest absolute Gasteiger partial charge is 0.408 e. The number of carbonyl (C=O) groups is 2. The molecule has 0 saturated heterocycles. The van der Waals surface area contributed by atoms with Crippen molar-refractivity contribution in [3.8, 4) is 0 Å². The molecule has 132 valence electrons. The van der Waals surface area contributed by atoms with E-state index in [0.29, 0.717) is 13.0 Å². The number of rotatable bonds is 11. The summed E-state index contributed by atoms with van der Waals surface area (Å²) in [6.45, 7) is 6.07. The molecule has 1 aromatic carbocycles. The van der Waals surface area contributed by atoms with Crippen LogP contribution >= 0.6 is 0 Å². The van der Waals surface area contributed by atoms with Gasteiger partial charge in [-0.3, -0.25) is 0 Å². The fourth-order valence-corrected chi connectivity index (χ4v) is 2.16. The van der Waals surface area contributed by atoms with Gasteiger partial charge in [-0.2, -0.15) is 0 Å². The van der Waals surface area contributed by atoms with E-state index in [1.165, 1.54) is 6.08 Å². The first kappa shape index (κ1) is 19.7. The number of unbranched alkanes of at least 4 members (excludes halogenated alkanes) is 3. The van der Waals surface area contributed by atoms with Crippen LogP contribution in [0.1, 0.15) is 38.2 Å². The average molecular weight is 333 g/mol. The second-order valence-corrected chi connectivity index (χ2v) is 5.50. The van der Waals surface area contributed by atoms with E-state index in [2.05, 4.69) is 18.8 Å². The maximum absolute atomic E-state index is 12.3. The Labute approximate surface area is 144 Å². The van der Waals surface area contributed by atoms with Crippen LogP contribution in [0.2, 0.25) is 0 Å². The minimum absolute atomic E-state index is 0.0932. The zero-order valence-corrected chi connectivity index (χ0v) is 14.3. The third-order valence-corrected chi connectivity index (χ3v) is 3.43. The van der Waals surface area contributed by atoms with E-state index in [1.54, 1.807) is 0 Å². The van der Waals surface area contributed by atoms with Crippen molar-refractivity contribution >= 4 is 12.1 Å². The molecule has 0 spiro atoms. The maximum atomic E-state index is 12.3. The number of ether oxygens (including phenoxy) is 2. The first-order valence-electron chi connectivity index (χ1n) is 8.42. The lowest BCUT2D eigenvalue weighted by atomic mass is 10.1. The summed E-state index contributed by atoms with van der Waals surface area (Å²) in [5.74, 6) is -0.439. The van der Waals surface area contributed by atoms with Gasteiger partial charge < -0.3 is 14.8 Å². The first-order valence-corrected chi connectivity index (χ1v) is 8.42. The van der Waals surface area contributed by atoms with Crippen molar-refractivity contribution in [2.45, 2.75) is 45.1 Å². The summed E-state index contributed by atoms with van der Waals surface area (Å²) in [5.41, 5.74) is 0.939. The minimum atomic E-state index is -0.768. The molecule has 0 fully saturated rings. The van der Waals surface area contributed by atoms with Crippen molar-refractivity contribution in [1.82, 2.24) is 5.32 Å². The van der Waals surface area contributed by atoms with E-state index >= 15 is 0 Å². The molecule has 0 saturated carbocycles. The molecule has 24 heavy (non-hydrogen) atoms. The highest BCUT2D eigenvalue weighted by molar-refractivity contribution is 5.81. The van der Waals surface area contributed by atoms with E-state index in [0.717, 1.165) is 31.2 Å². The predicted octanol–water partition coefficient (Wildman–Crippen LogP) is 3.63. The summed E-state index contributed by atoms with van der Waals surface area (Å²) < 4.78 is 10.2. The van der Waals surface area contributed by atoms with Gasteiger partial charge in [0.1, 0.15) is 12.6 Å². The first-order chi connectivity index (χ1) is 11.7. The van der Waals surface area contributed by atoms with Crippen LogP contribution in [-0.4, -0.2) is 31.3 Å². The van der Waals surface area contributed by atoms with E-state index < -0.39 is 18.1 Å². The fourth-order valence-electron chi connectivity index (χ4n) is 2.16. The number of alkyl carbamates (subject to hydrolysis) is 1. The third kappa shape index (κ3) is 8.36. The third-order valence-electron chi connectivity index (χ3n) is 3.43. The Morgan fingerprint density at radius 3 is 2.58 bits per heavy atom. The number of carbonyl (C=O) groups excluding carboxylic acids is 2. The van der Waals surface area contributed by atoms with Gasteiger partial charge in [-0.25, -0.2) is 9.59 Å². The second kappa shape index (κ2) is 12.2. The molecule has 5 nitrogen and oxygen atoms in total. The van der Waals surface area contributed by atoms with Gasteiger partial charge >= 0.3 is 12.1 Å². The molecule has 1 atom stereocenters. The summed E-state index contributed by atoms with van der Waals surface area (Å²) in [6, 6.07) is 8.71. The SMILES string of the molecule is C=CCOC(=O)NC(Cc1ccccc1)C(=O)OCCCCCC. The Hall–Kier alpha value is -2.30. The van der Waals surface area contributed by atoms with Crippen molar-refractivity contribution in [2.24, 2.45) is 0 Å². The molecule has 0 aliphatic heterocycles. The van der Waals surface area contributed by atoms with Gasteiger partial charge in [0, 0.05) is 6.42 Å². The molecule has 0 heterocycles. The van der Waals surface area contributed by atoms with E-state index in [1.807, 2.05) is 30.3 Å². The molecular weight excluding hydrogens is 306 g/mol. The lowest BCUT2D eigenvalue weighted by Crippen LogP contribution is -2.43. The Morgan fingerprint density at radius 1 is 1.17 bits per heavy atom. The average Bonchev–Trinajstić information content (AvgIpc) is 2.60. The maximum Gasteiger partial charge on any atom is 0.408 e. The number of esters is 1. The monoisotopic (exact) mass is 333 g/mol. The van der Waals surface area contributed by atoms with Crippen LogP contribution < -0.4 is 5.32 Å². The molecule has 1 amide bonds. The van der Waals surface area contributed by atoms with Gasteiger partial charge in [0.05, 0.1) is 6.61 Å². The molecule has 0 aliphatic carbocycles. The molecule has 5 heteroatoms. The summed E-state index contributed by atoms with van der Waals surface area (Å²) >= 11 is 0. The summed E-state index contributed by atoms with van der Waals surface area (Å²) in [6.07, 6.45) is 5.29. The zero-order chi connectivity index (χ0) is 17.6. The number of benzene rings is 1. The van der Waals surface area contributed by atoms with Crippen LogP contribution in [0.3, 0.4) is 0 Å². The molecule has 0 radical (unpaired) electrons. The normalized spacial score (nSPS) is 11.4. The van der Waals surface area contributed by atoms with Crippen LogP contribution in [0.25, 0.3) is 0 Å². The number of hydrogen-bond donors (Lipinski definition) is 1. The topological polar surface area (TPSA) is 64.6 Å². The highest BCUT2D eigenvalue weighted by Gasteiger charge is 2.23. The lowest BCUT2D eigenvalue weighted by molar-refractivity contribution is -0.146. The van der Waals surface area contributed by atoms with Crippen molar-refractivity contribution in [2.75, 3.05) is 13.2 Å².